The van der Waals surface area contributed by atoms with Gasteiger partial charge in [0.2, 0.25) is 0 Å². The molecule has 0 bridgehead atoms. The molecule has 7 heavy (non-hydrogen) atoms. The Labute approximate surface area is 85.3 Å². The molecule has 0 aromatic rings. The third-order valence-corrected chi connectivity index (χ3v) is 0. The van der Waals surface area contributed by atoms with Gasteiger partial charge < -0.3 is 27.4 Å². The van der Waals surface area contributed by atoms with E-state index in [1.807, 2.05) is 0 Å². The second kappa shape index (κ2) is 120. The number of hydrogen-bond acceptors (Lipinski definition) is 5. The molecule has 0 saturated carbocycles. The van der Waals surface area contributed by atoms with Crippen molar-refractivity contribution >= 4 is 0 Å². The molecular formula is H5CeMnO5. The van der Waals surface area contributed by atoms with E-state index < -0.39 is 0 Å². The molecule has 0 atom stereocenters. The van der Waals surface area contributed by atoms with Crippen LogP contribution in [0.25, 0.3) is 0 Å². The van der Waals surface area contributed by atoms with Crippen LogP contribution in [-0.2, 0) is 17.1 Å². The topological polar surface area (TPSA) is 150 Å². The Hall–Kier alpha value is 1.70. The first kappa shape index (κ1) is 179. The standard InChI is InChI=1S/Ce.Mn.5H2O/h;;5*1H2/q+3;+2;;;;;/p-5. The van der Waals surface area contributed by atoms with E-state index in [-0.39, 0.29) is 86.2 Å². The van der Waals surface area contributed by atoms with Gasteiger partial charge in [-0.05, 0) is 0 Å². The Balaban J connectivity index is 0. The van der Waals surface area contributed by atoms with Gasteiger partial charge in [0, 0.05) is 0 Å². The first-order valence-corrected chi connectivity index (χ1v) is 0. The van der Waals surface area contributed by atoms with Crippen molar-refractivity contribution < 1.29 is 86.2 Å². The summed E-state index contributed by atoms with van der Waals surface area (Å²) in [6, 6.07) is 0. The Bertz CT molecular complexity index is 8.04. The first-order chi connectivity index (χ1) is 0. The van der Waals surface area contributed by atoms with Crippen molar-refractivity contribution in [1.82, 2.24) is 0 Å². The average Bonchev–Trinajstić information content (AvgIpc) is 0. The van der Waals surface area contributed by atoms with E-state index in [0.29, 0.717) is 0 Å². The minimum absolute atomic E-state index is 0. The van der Waals surface area contributed by atoms with Gasteiger partial charge in [0.1, 0.15) is 0 Å². The largest absolute Gasteiger partial charge is 3.00 e. The predicted octanol–water partition coefficient (Wildman–Crippen LogP) is -0.886. The molecule has 0 saturated heterocycles. The second-order valence-electron chi connectivity index (χ2n) is 0. The molecule has 0 amide bonds. The Morgan fingerprint density at radius 2 is 0.429 bits per heavy atom. The monoisotopic (exact) mass is 280 g/mol. The fraction of sp³-hybridized carbons (Fsp3) is 0. The first-order valence-electron chi connectivity index (χ1n) is 0. The Morgan fingerprint density at radius 3 is 0.429 bits per heavy atom. The summed E-state index contributed by atoms with van der Waals surface area (Å²) in [6.45, 7) is 0. The Kier molecular flexibility index (Phi) is 3070. The molecule has 5 N–H and O–H groups in total. The number of hydrogen-bond donors (Lipinski definition) is 0. The maximum Gasteiger partial charge on any atom is 3.00 e. The van der Waals surface area contributed by atoms with E-state index in [9.17, 15) is 0 Å². The molecule has 0 heterocycles. The summed E-state index contributed by atoms with van der Waals surface area (Å²) >= 11 is 0. The van der Waals surface area contributed by atoms with Crippen LogP contribution < -0.4 is 0 Å². The average molecular weight is 280 g/mol. The summed E-state index contributed by atoms with van der Waals surface area (Å²) < 4.78 is 0. The van der Waals surface area contributed by atoms with Crippen LogP contribution in [-0.4, -0.2) is 27.4 Å². The summed E-state index contributed by atoms with van der Waals surface area (Å²) in [7, 11) is 0. The molecule has 0 unspecified atom stereocenters. The molecule has 0 fully saturated rings. The zero-order valence-corrected chi connectivity index (χ0v) is 7.43. The van der Waals surface area contributed by atoms with Gasteiger partial charge >= 0.3 is 58.8 Å². The summed E-state index contributed by atoms with van der Waals surface area (Å²) in [5.74, 6) is 0. The quantitative estimate of drug-likeness (QED) is 0.527. The third-order valence-electron chi connectivity index (χ3n) is 0. The van der Waals surface area contributed by atoms with E-state index in [0.717, 1.165) is 0 Å². The SMILES string of the molecule is [Ce+3].[Mn+2].[OH-].[OH-].[OH-].[OH-].[OH-]. The van der Waals surface area contributed by atoms with Crippen LogP contribution in [0.4, 0.5) is 0 Å². The molecule has 0 spiro atoms. The van der Waals surface area contributed by atoms with Gasteiger partial charge in [-0.1, -0.05) is 0 Å². The van der Waals surface area contributed by atoms with Crippen molar-refractivity contribution in [3.05, 3.63) is 0 Å². The maximum absolute atomic E-state index is 0. The van der Waals surface area contributed by atoms with Crippen LogP contribution in [0.3, 0.4) is 0 Å². The van der Waals surface area contributed by atoms with Crippen molar-refractivity contribution in [2.24, 2.45) is 0 Å². The van der Waals surface area contributed by atoms with Gasteiger partial charge in [0.25, 0.3) is 0 Å². The second-order valence-corrected chi connectivity index (χ2v) is 0. The predicted molar refractivity (Wildman–Crippen MR) is 9.68 cm³/mol. The van der Waals surface area contributed by atoms with Crippen molar-refractivity contribution in [3.8, 4) is 0 Å². The molecule has 0 aromatic carbocycles. The molecule has 0 aliphatic rings. The molecule has 5 nitrogen and oxygen atoms in total. The van der Waals surface area contributed by atoms with Crippen molar-refractivity contribution in [2.45, 2.75) is 0 Å². The molecule has 0 rings (SSSR count). The molecular weight excluding hydrogens is 275 g/mol. The van der Waals surface area contributed by atoms with Crippen LogP contribution in [0.5, 0.6) is 0 Å². The van der Waals surface area contributed by atoms with Gasteiger partial charge in [0.05, 0.1) is 0 Å². The molecule has 46 valence electrons. The van der Waals surface area contributed by atoms with E-state index in [1.165, 1.54) is 0 Å². The zero-order chi connectivity index (χ0) is 0. The summed E-state index contributed by atoms with van der Waals surface area (Å²) in [5.41, 5.74) is 0. The van der Waals surface area contributed by atoms with Crippen LogP contribution in [0.2, 0.25) is 0 Å². The maximum atomic E-state index is 0. The minimum Gasteiger partial charge on any atom is -0.870 e. The molecule has 0 aromatic heterocycles. The summed E-state index contributed by atoms with van der Waals surface area (Å²) in [4.78, 5) is 0. The van der Waals surface area contributed by atoms with Crippen molar-refractivity contribution in [3.63, 3.8) is 0 Å². The van der Waals surface area contributed by atoms with Gasteiger partial charge in [-0.15, -0.1) is 0 Å². The fourth-order valence-corrected chi connectivity index (χ4v) is 0. The Morgan fingerprint density at radius 1 is 0.429 bits per heavy atom. The molecule has 0 aliphatic heterocycles. The van der Waals surface area contributed by atoms with Crippen LogP contribution in [0.1, 0.15) is 0 Å². The van der Waals surface area contributed by atoms with Crippen LogP contribution in [0.15, 0.2) is 0 Å². The number of rotatable bonds is 0. The molecule has 2 radical (unpaired) electrons. The van der Waals surface area contributed by atoms with E-state index in [2.05, 4.69) is 0 Å². The molecule has 0 aliphatic carbocycles. The third kappa shape index (κ3) is 86.8. The van der Waals surface area contributed by atoms with E-state index in [1.54, 1.807) is 0 Å². The summed E-state index contributed by atoms with van der Waals surface area (Å²) in [5, 5.41) is 0. The summed E-state index contributed by atoms with van der Waals surface area (Å²) in [6.07, 6.45) is 0. The van der Waals surface area contributed by atoms with E-state index in [4.69, 9.17) is 0 Å². The zero-order valence-electron chi connectivity index (χ0n) is 3.11. The van der Waals surface area contributed by atoms with Gasteiger partial charge in [-0.3, -0.25) is 0 Å². The smallest absolute Gasteiger partial charge is 0.870 e. The van der Waals surface area contributed by atoms with E-state index >= 15 is 0 Å². The van der Waals surface area contributed by atoms with Gasteiger partial charge in [-0.25, -0.2) is 0 Å². The fourth-order valence-electron chi connectivity index (χ4n) is 0. The van der Waals surface area contributed by atoms with Gasteiger partial charge in [0.15, 0.2) is 0 Å². The molecule has 7 heteroatoms. The van der Waals surface area contributed by atoms with Crippen molar-refractivity contribution in [2.75, 3.05) is 0 Å². The van der Waals surface area contributed by atoms with Crippen molar-refractivity contribution in [1.29, 1.82) is 0 Å². The van der Waals surface area contributed by atoms with Crippen LogP contribution in [0, 0.1) is 41.7 Å². The van der Waals surface area contributed by atoms with Gasteiger partial charge in [-0.2, -0.15) is 0 Å². The normalized spacial score (nSPS) is 0. The minimum atomic E-state index is 0. The van der Waals surface area contributed by atoms with Crippen LogP contribution >= 0.6 is 0 Å².